The Bertz CT molecular complexity index is 394. The van der Waals surface area contributed by atoms with E-state index in [2.05, 4.69) is 33.9 Å². The molecular weight excluding hydrogens is 206 g/mol. The number of nitrogens with two attached hydrogens (primary N) is 1. The summed E-state index contributed by atoms with van der Waals surface area (Å²) in [6.45, 7) is 0.748. The SMILES string of the molecule is NCCCc1ccc(-c2csnn2)cc1. The molecule has 0 unspecified atom stereocenters. The fraction of sp³-hybridized carbons (Fsp3) is 0.273. The summed E-state index contributed by atoms with van der Waals surface area (Å²) in [5.74, 6) is 0. The first-order chi connectivity index (χ1) is 7.40. The van der Waals surface area contributed by atoms with E-state index in [1.165, 1.54) is 17.1 Å². The molecule has 0 radical (unpaired) electrons. The monoisotopic (exact) mass is 219 g/mol. The number of nitrogens with zero attached hydrogens (tertiary/aromatic N) is 2. The zero-order valence-electron chi connectivity index (χ0n) is 8.39. The molecule has 1 aromatic carbocycles. The van der Waals surface area contributed by atoms with Crippen LogP contribution in [0.5, 0.6) is 0 Å². The number of rotatable bonds is 4. The van der Waals surface area contributed by atoms with Crippen molar-refractivity contribution in [1.82, 2.24) is 9.59 Å². The van der Waals surface area contributed by atoms with E-state index < -0.39 is 0 Å². The molecular formula is C11H13N3S. The molecule has 2 rings (SSSR count). The average Bonchev–Trinajstić information content (AvgIpc) is 2.80. The third-order valence-electron chi connectivity index (χ3n) is 2.28. The lowest BCUT2D eigenvalue weighted by Gasteiger charge is -2.00. The van der Waals surface area contributed by atoms with Gasteiger partial charge >= 0.3 is 0 Å². The summed E-state index contributed by atoms with van der Waals surface area (Å²) >= 11 is 1.37. The second-order valence-corrected chi connectivity index (χ2v) is 3.99. The molecule has 0 bridgehead atoms. The Hall–Kier alpha value is -1.26. The molecule has 0 aliphatic carbocycles. The molecule has 3 nitrogen and oxygen atoms in total. The fourth-order valence-electron chi connectivity index (χ4n) is 1.44. The van der Waals surface area contributed by atoms with Crippen LogP contribution in [0.2, 0.25) is 0 Å². The average molecular weight is 219 g/mol. The maximum atomic E-state index is 5.47. The van der Waals surface area contributed by atoms with Crippen molar-refractivity contribution in [2.75, 3.05) is 6.54 Å². The first-order valence-corrected chi connectivity index (χ1v) is 5.80. The lowest BCUT2D eigenvalue weighted by atomic mass is 10.1. The van der Waals surface area contributed by atoms with Gasteiger partial charge in [-0.2, -0.15) is 0 Å². The standard InChI is InChI=1S/C11H13N3S/c12-7-1-2-9-3-5-10(6-4-9)11-8-15-14-13-11/h3-6,8H,1-2,7,12H2. The Labute approximate surface area is 93.1 Å². The highest BCUT2D eigenvalue weighted by molar-refractivity contribution is 7.03. The summed E-state index contributed by atoms with van der Waals surface area (Å²) in [5.41, 5.74) is 8.87. The predicted octanol–water partition coefficient (Wildman–Crippen LogP) is 2.10. The number of aromatic nitrogens is 2. The second-order valence-electron chi connectivity index (χ2n) is 3.38. The van der Waals surface area contributed by atoms with E-state index in [0.717, 1.165) is 30.6 Å². The minimum absolute atomic E-state index is 0.748. The number of hydrogen-bond donors (Lipinski definition) is 1. The van der Waals surface area contributed by atoms with Gasteiger partial charge in [0, 0.05) is 10.9 Å². The number of benzene rings is 1. The van der Waals surface area contributed by atoms with E-state index >= 15 is 0 Å². The molecule has 78 valence electrons. The molecule has 0 fully saturated rings. The molecule has 1 heterocycles. The van der Waals surface area contributed by atoms with Crippen LogP contribution in [0, 0.1) is 0 Å². The van der Waals surface area contributed by atoms with Gasteiger partial charge in [-0.1, -0.05) is 28.8 Å². The molecule has 15 heavy (non-hydrogen) atoms. The van der Waals surface area contributed by atoms with E-state index in [1.54, 1.807) is 0 Å². The van der Waals surface area contributed by atoms with Gasteiger partial charge in [0.25, 0.3) is 0 Å². The minimum atomic E-state index is 0.748. The molecule has 2 aromatic rings. The van der Waals surface area contributed by atoms with Crippen molar-refractivity contribution in [3.8, 4) is 11.3 Å². The van der Waals surface area contributed by atoms with Gasteiger partial charge in [0.2, 0.25) is 0 Å². The van der Waals surface area contributed by atoms with E-state index in [9.17, 15) is 0 Å². The zero-order valence-corrected chi connectivity index (χ0v) is 9.20. The van der Waals surface area contributed by atoms with Crippen LogP contribution in [-0.4, -0.2) is 16.1 Å². The summed E-state index contributed by atoms with van der Waals surface area (Å²) in [5, 5.41) is 5.98. The van der Waals surface area contributed by atoms with E-state index in [4.69, 9.17) is 5.73 Å². The highest BCUT2D eigenvalue weighted by atomic mass is 32.1. The number of hydrogen-bond acceptors (Lipinski definition) is 4. The zero-order chi connectivity index (χ0) is 10.5. The van der Waals surface area contributed by atoms with Crippen LogP contribution in [0.15, 0.2) is 29.6 Å². The molecule has 4 heteroatoms. The van der Waals surface area contributed by atoms with Gasteiger partial charge in [0.15, 0.2) is 0 Å². The maximum Gasteiger partial charge on any atom is 0.105 e. The third-order valence-corrected chi connectivity index (χ3v) is 2.78. The molecule has 2 N–H and O–H groups in total. The predicted molar refractivity (Wildman–Crippen MR) is 62.7 cm³/mol. The Morgan fingerprint density at radius 2 is 2.00 bits per heavy atom. The lowest BCUT2D eigenvalue weighted by Crippen LogP contribution is -2.00. The van der Waals surface area contributed by atoms with Crippen molar-refractivity contribution in [3.63, 3.8) is 0 Å². The van der Waals surface area contributed by atoms with Gasteiger partial charge < -0.3 is 5.73 Å². The Kier molecular flexibility index (Phi) is 3.42. The van der Waals surface area contributed by atoms with E-state index in [1.807, 2.05) is 5.38 Å². The van der Waals surface area contributed by atoms with Crippen LogP contribution < -0.4 is 5.73 Å². The first kappa shape index (κ1) is 10.3. The Balaban J connectivity index is 2.11. The summed E-state index contributed by atoms with van der Waals surface area (Å²) < 4.78 is 3.85. The smallest absolute Gasteiger partial charge is 0.105 e. The molecule has 0 aliphatic rings. The Morgan fingerprint density at radius 1 is 1.20 bits per heavy atom. The van der Waals surface area contributed by atoms with Gasteiger partial charge in [0.05, 0.1) is 0 Å². The minimum Gasteiger partial charge on any atom is -0.330 e. The normalized spacial score (nSPS) is 10.5. The molecule has 1 aromatic heterocycles. The lowest BCUT2D eigenvalue weighted by molar-refractivity contribution is 0.833. The molecule has 0 aliphatic heterocycles. The summed E-state index contributed by atoms with van der Waals surface area (Å²) in [6, 6.07) is 8.43. The van der Waals surface area contributed by atoms with Crippen LogP contribution in [-0.2, 0) is 6.42 Å². The summed E-state index contributed by atoms with van der Waals surface area (Å²) in [7, 11) is 0. The molecule has 0 atom stereocenters. The van der Waals surface area contributed by atoms with Gasteiger partial charge in [0.1, 0.15) is 5.69 Å². The molecule has 0 saturated heterocycles. The highest BCUT2D eigenvalue weighted by Gasteiger charge is 2.00. The van der Waals surface area contributed by atoms with Crippen LogP contribution in [0.25, 0.3) is 11.3 Å². The highest BCUT2D eigenvalue weighted by Crippen LogP contribution is 2.18. The molecule has 0 amide bonds. The van der Waals surface area contributed by atoms with Crippen molar-refractivity contribution >= 4 is 11.5 Å². The largest absolute Gasteiger partial charge is 0.330 e. The van der Waals surface area contributed by atoms with Gasteiger partial charge in [-0.3, -0.25) is 0 Å². The second kappa shape index (κ2) is 5.00. The van der Waals surface area contributed by atoms with Crippen LogP contribution in [0.3, 0.4) is 0 Å². The fourth-order valence-corrected chi connectivity index (χ4v) is 1.90. The quantitative estimate of drug-likeness (QED) is 0.856. The van der Waals surface area contributed by atoms with Gasteiger partial charge in [-0.25, -0.2) is 0 Å². The van der Waals surface area contributed by atoms with E-state index in [-0.39, 0.29) is 0 Å². The van der Waals surface area contributed by atoms with Crippen molar-refractivity contribution in [3.05, 3.63) is 35.2 Å². The van der Waals surface area contributed by atoms with Crippen molar-refractivity contribution in [2.24, 2.45) is 5.73 Å². The van der Waals surface area contributed by atoms with Crippen molar-refractivity contribution in [1.29, 1.82) is 0 Å². The van der Waals surface area contributed by atoms with Crippen LogP contribution >= 0.6 is 11.5 Å². The Morgan fingerprint density at radius 3 is 2.60 bits per heavy atom. The van der Waals surface area contributed by atoms with Gasteiger partial charge in [-0.15, -0.1) is 5.10 Å². The third kappa shape index (κ3) is 2.61. The molecule has 0 saturated carbocycles. The maximum absolute atomic E-state index is 5.47. The molecule has 0 spiro atoms. The van der Waals surface area contributed by atoms with Crippen molar-refractivity contribution < 1.29 is 0 Å². The first-order valence-electron chi connectivity index (χ1n) is 4.96. The number of aryl methyl sites for hydroxylation is 1. The van der Waals surface area contributed by atoms with Crippen LogP contribution in [0.4, 0.5) is 0 Å². The topological polar surface area (TPSA) is 51.8 Å². The summed E-state index contributed by atoms with van der Waals surface area (Å²) in [4.78, 5) is 0. The van der Waals surface area contributed by atoms with Gasteiger partial charge in [-0.05, 0) is 36.5 Å². The summed E-state index contributed by atoms with van der Waals surface area (Å²) in [6.07, 6.45) is 2.09. The van der Waals surface area contributed by atoms with Crippen molar-refractivity contribution in [2.45, 2.75) is 12.8 Å². The van der Waals surface area contributed by atoms with Crippen LogP contribution in [0.1, 0.15) is 12.0 Å². The van der Waals surface area contributed by atoms with E-state index in [0.29, 0.717) is 0 Å².